The second-order valence-corrected chi connectivity index (χ2v) is 8.11. The van der Waals surface area contributed by atoms with Crippen LogP contribution in [0.1, 0.15) is 48.0 Å². The number of carbonyl (C=O) groups excluding carboxylic acids is 1. The number of esters is 1. The molecule has 0 amide bonds. The van der Waals surface area contributed by atoms with Gasteiger partial charge in [-0.2, -0.15) is 0 Å². The molecule has 0 radical (unpaired) electrons. The molecule has 30 heavy (non-hydrogen) atoms. The molecule has 0 saturated carbocycles. The van der Waals surface area contributed by atoms with Gasteiger partial charge in [0, 0.05) is 29.6 Å². The maximum atomic E-state index is 12.1. The molecular weight excluding hydrogens is 380 g/mol. The van der Waals surface area contributed by atoms with Gasteiger partial charge in [0.05, 0.1) is 5.56 Å². The van der Waals surface area contributed by atoms with Crippen LogP contribution < -0.4 is 10.9 Å². The van der Waals surface area contributed by atoms with Crippen LogP contribution in [0.4, 0.5) is 5.82 Å². The number of aryl methyl sites for hydroxylation is 1. The van der Waals surface area contributed by atoms with Crippen molar-refractivity contribution in [2.45, 2.75) is 46.8 Å². The number of anilines is 1. The van der Waals surface area contributed by atoms with Gasteiger partial charge in [0.15, 0.2) is 0 Å². The van der Waals surface area contributed by atoms with E-state index in [0.717, 1.165) is 11.1 Å². The Balaban J connectivity index is 1.63. The molecule has 0 atom stereocenters. The van der Waals surface area contributed by atoms with Crippen LogP contribution in [0, 0.1) is 13.8 Å². The molecule has 0 unspecified atom stereocenters. The lowest BCUT2D eigenvalue weighted by molar-refractivity contribution is 0.00695. The number of hydrogen-bond donors (Lipinski definition) is 2. The highest BCUT2D eigenvalue weighted by atomic mass is 16.6. The smallest absolute Gasteiger partial charge is 0.338 e. The summed E-state index contributed by atoms with van der Waals surface area (Å²) in [6.07, 6.45) is 1.67. The third kappa shape index (κ3) is 5.31. The number of aromatic nitrogens is 3. The molecule has 0 aliphatic rings. The van der Waals surface area contributed by atoms with Crippen molar-refractivity contribution in [3.05, 3.63) is 75.3 Å². The maximum Gasteiger partial charge on any atom is 0.338 e. The lowest BCUT2D eigenvalue weighted by Gasteiger charge is -2.19. The van der Waals surface area contributed by atoms with Gasteiger partial charge >= 0.3 is 5.97 Å². The monoisotopic (exact) mass is 406 g/mol. The van der Waals surface area contributed by atoms with E-state index in [9.17, 15) is 9.59 Å². The summed E-state index contributed by atoms with van der Waals surface area (Å²) in [5, 5.41) is 3.24. The normalized spacial score (nSPS) is 11.2. The summed E-state index contributed by atoms with van der Waals surface area (Å²) in [5.74, 6) is 0.860. The van der Waals surface area contributed by atoms with Crippen LogP contribution in [0.15, 0.2) is 47.4 Å². The third-order valence-corrected chi connectivity index (χ3v) is 4.49. The van der Waals surface area contributed by atoms with Crippen LogP contribution in [0.5, 0.6) is 0 Å². The van der Waals surface area contributed by atoms with Crippen molar-refractivity contribution >= 4 is 11.8 Å². The molecule has 0 fully saturated rings. The average molecular weight is 406 g/mol. The summed E-state index contributed by atoms with van der Waals surface area (Å²) < 4.78 is 5.37. The standard InChI is InChI=1S/C23H26N4O3/c1-14-15(2)26-20(27-21(14)28)18-10-11-19(25-13-18)24-12-16-6-8-17(9-7-16)22(29)30-23(3,4)5/h6-11,13H,12H2,1-5H3,(H,24,25)(H,26,27,28). The minimum Gasteiger partial charge on any atom is -0.456 e. The zero-order chi connectivity index (χ0) is 21.9. The Morgan fingerprint density at radius 2 is 1.80 bits per heavy atom. The van der Waals surface area contributed by atoms with Gasteiger partial charge in [-0.3, -0.25) is 4.79 Å². The quantitative estimate of drug-likeness (QED) is 0.621. The Morgan fingerprint density at radius 3 is 2.37 bits per heavy atom. The number of benzene rings is 1. The first kappa shape index (κ1) is 21.2. The van der Waals surface area contributed by atoms with Gasteiger partial charge in [0.25, 0.3) is 5.56 Å². The molecule has 7 nitrogen and oxygen atoms in total. The SMILES string of the molecule is Cc1nc(-c2ccc(NCc3ccc(C(=O)OC(C)(C)C)cc3)nc2)[nH]c(=O)c1C. The number of nitrogens with zero attached hydrogens (tertiary/aromatic N) is 2. The van der Waals surface area contributed by atoms with E-state index in [1.807, 2.05) is 52.0 Å². The van der Waals surface area contributed by atoms with Crippen molar-refractivity contribution in [1.82, 2.24) is 15.0 Å². The summed E-state index contributed by atoms with van der Waals surface area (Å²) in [6, 6.07) is 11.0. The maximum absolute atomic E-state index is 12.1. The van der Waals surface area contributed by atoms with E-state index < -0.39 is 5.60 Å². The molecule has 2 N–H and O–H groups in total. The van der Waals surface area contributed by atoms with E-state index in [1.165, 1.54) is 0 Å². The lowest BCUT2D eigenvalue weighted by atomic mass is 10.1. The van der Waals surface area contributed by atoms with E-state index >= 15 is 0 Å². The summed E-state index contributed by atoms with van der Waals surface area (Å²) in [5.41, 5.74) is 2.92. The van der Waals surface area contributed by atoms with Crippen molar-refractivity contribution in [1.29, 1.82) is 0 Å². The van der Waals surface area contributed by atoms with Crippen LogP contribution in [-0.2, 0) is 11.3 Å². The average Bonchev–Trinajstić information content (AvgIpc) is 2.69. The molecule has 156 valence electrons. The Kier molecular flexibility index (Phi) is 6.01. The van der Waals surface area contributed by atoms with E-state index in [2.05, 4.69) is 20.3 Å². The van der Waals surface area contributed by atoms with Gasteiger partial charge in [0.1, 0.15) is 17.2 Å². The van der Waals surface area contributed by atoms with Crippen molar-refractivity contribution in [3.8, 4) is 11.4 Å². The van der Waals surface area contributed by atoms with Crippen molar-refractivity contribution in [2.24, 2.45) is 0 Å². The Bertz CT molecular complexity index is 1100. The van der Waals surface area contributed by atoms with Crippen molar-refractivity contribution in [2.75, 3.05) is 5.32 Å². The van der Waals surface area contributed by atoms with E-state index in [0.29, 0.717) is 35.0 Å². The molecule has 0 saturated heterocycles. The molecule has 1 aromatic carbocycles. The Hall–Kier alpha value is -3.48. The van der Waals surface area contributed by atoms with Gasteiger partial charge < -0.3 is 15.0 Å². The number of rotatable bonds is 5. The molecule has 0 aliphatic carbocycles. The largest absolute Gasteiger partial charge is 0.456 e. The second kappa shape index (κ2) is 8.49. The minimum atomic E-state index is -0.519. The molecule has 3 aromatic rings. The van der Waals surface area contributed by atoms with E-state index in [4.69, 9.17) is 4.74 Å². The fourth-order valence-electron chi connectivity index (χ4n) is 2.71. The minimum absolute atomic E-state index is 0.144. The summed E-state index contributed by atoms with van der Waals surface area (Å²) >= 11 is 0. The Labute approximate surface area is 175 Å². The number of H-pyrrole nitrogens is 1. The fraction of sp³-hybridized carbons (Fsp3) is 0.304. The zero-order valence-electron chi connectivity index (χ0n) is 17.9. The van der Waals surface area contributed by atoms with Gasteiger partial charge in [-0.25, -0.2) is 14.8 Å². The van der Waals surface area contributed by atoms with Crippen molar-refractivity contribution < 1.29 is 9.53 Å². The first-order valence-corrected chi connectivity index (χ1v) is 9.72. The number of ether oxygens (including phenoxy) is 1. The van der Waals surface area contributed by atoms with Gasteiger partial charge in [-0.05, 0) is 64.4 Å². The number of pyridine rings is 1. The third-order valence-electron chi connectivity index (χ3n) is 4.49. The Morgan fingerprint density at radius 1 is 1.10 bits per heavy atom. The molecule has 2 heterocycles. The van der Waals surface area contributed by atoms with Gasteiger partial charge in [-0.15, -0.1) is 0 Å². The van der Waals surface area contributed by atoms with E-state index in [-0.39, 0.29) is 11.5 Å². The van der Waals surface area contributed by atoms with Crippen LogP contribution in [0.25, 0.3) is 11.4 Å². The molecule has 2 aromatic heterocycles. The lowest BCUT2D eigenvalue weighted by Crippen LogP contribution is -2.23. The fourth-order valence-corrected chi connectivity index (χ4v) is 2.71. The van der Waals surface area contributed by atoms with Gasteiger partial charge in [0.2, 0.25) is 0 Å². The van der Waals surface area contributed by atoms with Gasteiger partial charge in [-0.1, -0.05) is 12.1 Å². The number of carbonyl (C=O) groups is 1. The molecule has 0 bridgehead atoms. The molecule has 0 aliphatic heterocycles. The van der Waals surface area contributed by atoms with Crippen LogP contribution in [0.2, 0.25) is 0 Å². The molecule has 3 rings (SSSR count). The van der Waals surface area contributed by atoms with Crippen LogP contribution in [-0.4, -0.2) is 26.5 Å². The topological polar surface area (TPSA) is 97.0 Å². The van der Waals surface area contributed by atoms with E-state index in [1.54, 1.807) is 25.3 Å². The predicted octanol–water partition coefficient (Wildman–Crippen LogP) is 4.02. The summed E-state index contributed by atoms with van der Waals surface area (Å²) in [7, 11) is 0. The molecule has 7 heteroatoms. The highest BCUT2D eigenvalue weighted by Crippen LogP contribution is 2.17. The number of hydrogen-bond acceptors (Lipinski definition) is 6. The molecular formula is C23H26N4O3. The van der Waals surface area contributed by atoms with Crippen LogP contribution in [0.3, 0.4) is 0 Å². The highest BCUT2D eigenvalue weighted by molar-refractivity contribution is 5.89. The van der Waals surface area contributed by atoms with Crippen LogP contribution >= 0.6 is 0 Å². The molecule has 0 spiro atoms. The predicted molar refractivity (Wildman–Crippen MR) is 116 cm³/mol. The summed E-state index contributed by atoms with van der Waals surface area (Å²) in [4.78, 5) is 35.6. The highest BCUT2D eigenvalue weighted by Gasteiger charge is 2.17. The van der Waals surface area contributed by atoms with Crippen molar-refractivity contribution in [3.63, 3.8) is 0 Å². The zero-order valence-corrected chi connectivity index (χ0v) is 17.9. The number of aromatic amines is 1. The second-order valence-electron chi connectivity index (χ2n) is 8.11. The first-order chi connectivity index (χ1) is 14.1. The number of nitrogens with one attached hydrogen (secondary N) is 2. The first-order valence-electron chi connectivity index (χ1n) is 9.72. The summed E-state index contributed by atoms with van der Waals surface area (Å²) in [6.45, 7) is 9.64.